The van der Waals surface area contributed by atoms with Gasteiger partial charge in [0.25, 0.3) is 0 Å². The van der Waals surface area contributed by atoms with Crippen LogP contribution in [-0.4, -0.2) is 0 Å². The first kappa shape index (κ1) is 12.5. The van der Waals surface area contributed by atoms with Gasteiger partial charge in [-0.25, -0.2) is 0 Å². The third-order valence-electron chi connectivity index (χ3n) is 2.84. The molecule has 0 radical (unpaired) electrons. The van der Waals surface area contributed by atoms with Gasteiger partial charge in [-0.1, -0.05) is 29.8 Å². The fourth-order valence-corrected chi connectivity index (χ4v) is 2.06. The number of para-hydroxylation sites is 1. The molecule has 0 saturated heterocycles. The molecule has 0 fully saturated rings. The number of rotatable bonds is 2. The Bertz CT molecular complexity index is 607. The van der Waals surface area contributed by atoms with E-state index in [0.29, 0.717) is 10.6 Å². The summed E-state index contributed by atoms with van der Waals surface area (Å²) in [5, 5.41) is 12.7. The second-order valence-electron chi connectivity index (χ2n) is 4.20. The van der Waals surface area contributed by atoms with Crippen molar-refractivity contribution in [2.45, 2.75) is 13.8 Å². The number of halogens is 1. The summed E-state index contributed by atoms with van der Waals surface area (Å²) in [6.45, 7) is 4.10. The average Bonchev–Trinajstić information content (AvgIpc) is 2.35. The zero-order valence-corrected chi connectivity index (χ0v) is 11.0. The summed E-state index contributed by atoms with van der Waals surface area (Å²) in [6, 6.07) is 13.4. The Labute approximate surface area is 112 Å². The molecule has 0 atom stereocenters. The van der Waals surface area contributed by atoms with Crippen LogP contribution < -0.4 is 5.32 Å². The molecular formula is C15H13ClN2. The van der Waals surface area contributed by atoms with Crippen molar-refractivity contribution < 1.29 is 0 Å². The first-order chi connectivity index (χ1) is 8.61. The van der Waals surface area contributed by atoms with Gasteiger partial charge >= 0.3 is 0 Å². The number of benzene rings is 2. The average molecular weight is 257 g/mol. The lowest BCUT2D eigenvalue weighted by Gasteiger charge is -2.13. The van der Waals surface area contributed by atoms with Crippen molar-refractivity contribution in [2.75, 3.05) is 5.32 Å². The first-order valence-corrected chi connectivity index (χ1v) is 6.02. The highest BCUT2D eigenvalue weighted by molar-refractivity contribution is 6.33. The topological polar surface area (TPSA) is 35.8 Å². The van der Waals surface area contributed by atoms with Crippen LogP contribution in [0, 0.1) is 25.2 Å². The molecule has 0 spiro atoms. The SMILES string of the molecule is Cc1cccc(C)c1Nc1ccc(C#N)cc1Cl. The van der Waals surface area contributed by atoms with Crippen molar-refractivity contribution in [1.82, 2.24) is 0 Å². The van der Waals surface area contributed by atoms with Crippen molar-refractivity contribution in [2.24, 2.45) is 0 Å². The van der Waals surface area contributed by atoms with Crippen molar-refractivity contribution in [3.8, 4) is 6.07 Å². The van der Waals surface area contributed by atoms with E-state index in [-0.39, 0.29) is 0 Å². The van der Waals surface area contributed by atoms with Crippen molar-refractivity contribution in [3.05, 3.63) is 58.1 Å². The Morgan fingerprint density at radius 1 is 1.11 bits per heavy atom. The largest absolute Gasteiger partial charge is 0.354 e. The number of hydrogen-bond acceptors (Lipinski definition) is 2. The molecule has 0 unspecified atom stereocenters. The van der Waals surface area contributed by atoms with Crippen LogP contribution in [0.1, 0.15) is 16.7 Å². The van der Waals surface area contributed by atoms with Gasteiger partial charge in [0.15, 0.2) is 0 Å². The van der Waals surface area contributed by atoms with Crippen LogP contribution in [-0.2, 0) is 0 Å². The van der Waals surface area contributed by atoms with Crippen LogP contribution in [0.4, 0.5) is 11.4 Å². The summed E-state index contributed by atoms with van der Waals surface area (Å²) in [5.74, 6) is 0. The maximum atomic E-state index is 8.80. The zero-order valence-electron chi connectivity index (χ0n) is 10.3. The molecule has 90 valence electrons. The Morgan fingerprint density at radius 2 is 1.78 bits per heavy atom. The molecular weight excluding hydrogens is 244 g/mol. The number of anilines is 2. The number of nitriles is 1. The lowest BCUT2D eigenvalue weighted by Crippen LogP contribution is -1.96. The third kappa shape index (κ3) is 2.47. The second kappa shape index (κ2) is 5.12. The van der Waals surface area contributed by atoms with E-state index < -0.39 is 0 Å². The molecule has 2 nitrogen and oxygen atoms in total. The molecule has 1 N–H and O–H groups in total. The maximum absolute atomic E-state index is 8.80. The molecule has 3 heteroatoms. The van der Waals surface area contributed by atoms with Gasteiger partial charge in [0.2, 0.25) is 0 Å². The van der Waals surface area contributed by atoms with E-state index in [1.54, 1.807) is 12.1 Å². The molecule has 0 saturated carbocycles. The molecule has 0 aliphatic rings. The Kier molecular flexibility index (Phi) is 3.55. The summed E-state index contributed by atoms with van der Waals surface area (Å²) in [7, 11) is 0. The highest BCUT2D eigenvalue weighted by Crippen LogP contribution is 2.29. The minimum Gasteiger partial charge on any atom is -0.354 e. The standard InChI is InChI=1S/C15H13ClN2/c1-10-4-3-5-11(2)15(10)18-14-7-6-12(9-17)8-13(14)16/h3-8,18H,1-2H3. The van der Waals surface area contributed by atoms with E-state index in [1.165, 1.54) is 0 Å². The summed E-state index contributed by atoms with van der Waals surface area (Å²) in [4.78, 5) is 0. The number of nitrogens with one attached hydrogen (secondary N) is 1. The molecule has 18 heavy (non-hydrogen) atoms. The second-order valence-corrected chi connectivity index (χ2v) is 4.61. The van der Waals surface area contributed by atoms with E-state index in [0.717, 1.165) is 22.5 Å². The van der Waals surface area contributed by atoms with Crippen molar-refractivity contribution in [1.29, 1.82) is 5.26 Å². The van der Waals surface area contributed by atoms with E-state index in [2.05, 4.69) is 11.4 Å². The fourth-order valence-electron chi connectivity index (χ4n) is 1.83. The number of hydrogen-bond donors (Lipinski definition) is 1. The predicted molar refractivity (Wildman–Crippen MR) is 75.4 cm³/mol. The van der Waals surface area contributed by atoms with Crippen LogP contribution in [0.3, 0.4) is 0 Å². The maximum Gasteiger partial charge on any atom is 0.0992 e. The van der Waals surface area contributed by atoms with Crippen LogP contribution in [0.2, 0.25) is 5.02 Å². The number of nitrogens with zero attached hydrogens (tertiary/aromatic N) is 1. The van der Waals surface area contributed by atoms with Gasteiger partial charge in [-0.05, 0) is 43.2 Å². The highest BCUT2D eigenvalue weighted by Gasteiger charge is 2.06. The molecule has 0 amide bonds. The minimum absolute atomic E-state index is 0.553. The van der Waals surface area contributed by atoms with Gasteiger partial charge in [0.05, 0.1) is 22.3 Å². The lowest BCUT2D eigenvalue weighted by molar-refractivity contribution is 1.36. The van der Waals surface area contributed by atoms with Gasteiger partial charge < -0.3 is 5.32 Å². The summed E-state index contributed by atoms with van der Waals surface area (Å²) in [5.41, 5.74) is 4.76. The summed E-state index contributed by atoms with van der Waals surface area (Å²) in [6.07, 6.45) is 0. The molecule has 2 aromatic rings. The summed E-state index contributed by atoms with van der Waals surface area (Å²) >= 11 is 6.15. The zero-order chi connectivity index (χ0) is 13.1. The molecule has 0 heterocycles. The predicted octanol–water partition coefficient (Wildman–Crippen LogP) is 4.57. The van der Waals surface area contributed by atoms with E-state index in [9.17, 15) is 0 Å². The number of aryl methyl sites for hydroxylation is 2. The molecule has 2 aromatic carbocycles. The van der Waals surface area contributed by atoms with Gasteiger partial charge in [-0.15, -0.1) is 0 Å². The Morgan fingerprint density at radius 3 is 2.33 bits per heavy atom. The lowest BCUT2D eigenvalue weighted by atomic mass is 10.1. The Hall–Kier alpha value is -1.98. The van der Waals surface area contributed by atoms with Gasteiger partial charge in [-0.3, -0.25) is 0 Å². The van der Waals surface area contributed by atoms with Crippen LogP contribution in [0.25, 0.3) is 0 Å². The smallest absolute Gasteiger partial charge is 0.0992 e. The third-order valence-corrected chi connectivity index (χ3v) is 3.15. The quantitative estimate of drug-likeness (QED) is 0.854. The van der Waals surface area contributed by atoms with E-state index in [1.807, 2.05) is 38.1 Å². The monoisotopic (exact) mass is 256 g/mol. The molecule has 0 aromatic heterocycles. The van der Waals surface area contributed by atoms with Gasteiger partial charge in [0.1, 0.15) is 0 Å². The molecule has 0 aliphatic carbocycles. The van der Waals surface area contributed by atoms with Crippen LogP contribution >= 0.6 is 11.6 Å². The molecule has 0 bridgehead atoms. The fraction of sp³-hybridized carbons (Fsp3) is 0.133. The first-order valence-electron chi connectivity index (χ1n) is 5.64. The van der Waals surface area contributed by atoms with Crippen LogP contribution in [0.5, 0.6) is 0 Å². The van der Waals surface area contributed by atoms with Crippen molar-refractivity contribution in [3.63, 3.8) is 0 Å². The van der Waals surface area contributed by atoms with E-state index in [4.69, 9.17) is 16.9 Å². The molecule has 0 aliphatic heterocycles. The van der Waals surface area contributed by atoms with Crippen LogP contribution in [0.15, 0.2) is 36.4 Å². The van der Waals surface area contributed by atoms with Crippen molar-refractivity contribution >= 4 is 23.0 Å². The summed E-state index contributed by atoms with van der Waals surface area (Å²) < 4.78 is 0. The van der Waals surface area contributed by atoms with E-state index >= 15 is 0 Å². The Balaban J connectivity index is 2.38. The normalized spacial score (nSPS) is 9.89. The minimum atomic E-state index is 0.553. The highest BCUT2D eigenvalue weighted by atomic mass is 35.5. The van der Waals surface area contributed by atoms with Gasteiger partial charge in [-0.2, -0.15) is 5.26 Å². The van der Waals surface area contributed by atoms with Gasteiger partial charge in [0, 0.05) is 5.69 Å². The molecule has 2 rings (SSSR count).